The Hall–Kier alpha value is -2.00. The molecule has 2 aromatic rings. The molecule has 0 aliphatic carbocycles. The maximum Gasteiger partial charge on any atom is 0.326 e. The molecule has 0 fully saturated rings. The third-order valence-corrected chi connectivity index (χ3v) is 5.88. The summed E-state index contributed by atoms with van der Waals surface area (Å²) in [5, 5.41) is 1.55. The number of nitrogens with zero attached hydrogens (tertiary/aromatic N) is 1. The minimum atomic E-state index is -4.08. The highest BCUT2D eigenvalue weighted by molar-refractivity contribution is 7.94. The molecule has 0 spiro atoms. The van der Waals surface area contributed by atoms with E-state index >= 15 is 0 Å². The normalized spacial score (nSPS) is 11.2. The van der Waals surface area contributed by atoms with Crippen LogP contribution in [-0.4, -0.2) is 28.0 Å². The van der Waals surface area contributed by atoms with Crippen LogP contribution in [-0.2, 0) is 19.6 Å². The van der Waals surface area contributed by atoms with Crippen molar-refractivity contribution in [1.29, 1.82) is 0 Å². The van der Waals surface area contributed by atoms with Gasteiger partial charge in [0, 0.05) is 6.07 Å². The number of benzene rings is 1. The van der Waals surface area contributed by atoms with E-state index in [1.54, 1.807) is 5.38 Å². The molecule has 0 saturated heterocycles. The van der Waals surface area contributed by atoms with Crippen molar-refractivity contribution in [2.75, 3.05) is 18.0 Å². The highest BCUT2D eigenvalue weighted by Crippen LogP contribution is 2.27. The number of sulfonamides is 1. The van der Waals surface area contributed by atoms with Crippen LogP contribution in [0.5, 0.6) is 0 Å². The second-order valence-electron chi connectivity index (χ2n) is 4.12. The van der Waals surface area contributed by atoms with Crippen molar-refractivity contribution in [1.82, 2.24) is 0 Å². The van der Waals surface area contributed by atoms with E-state index < -0.39 is 34.2 Å². The van der Waals surface area contributed by atoms with Crippen molar-refractivity contribution in [3.8, 4) is 0 Å². The molecule has 9 heteroatoms. The molecule has 0 saturated carbocycles. The third-order valence-electron chi connectivity index (χ3n) is 2.73. The summed E-state index contributed by atoms with van der Waals surface area (Å²) in [4.78, 5) is 11.5. The van der Waals surface area contributed by atoms with E-state index in [2.05, 4.69) is 4.74 Å². The van der Waals surface area contributed by atoms with Gasteiger partial charge in [0.05, 0.1) is 12.8 Å². The SMILES string of the molecule is COC(=O)CN(c1ccc(F)c(F)c1)S(=O)(=O)c1cccs1. The summed E-state index contributed by atoms with van der Waals surface area (Å²) in [5.41, 5.74) is -0.169. The summed E-state index contributed by atoms with van der Waals surface area (Å²) in [6.07, 6.45) is 0. The van der Waals surface area contributed by atoms with Crippen LogP contribution < -0.4 is 4.31 Å². The molecule has 22 heavy (non-hydrogen) atoms. The average Bonchev–Trinajstić information content (AvgIpc) is 3.02. The van der Waals surface area contributed by atoms with Gasteiger partial charge in [-0.1, -0.05) is 6.07 Å². The van der Waals surface area contributed by atoms with Crippen LogP contribution in [0.3, 0.4) is 0 Å². The molecule has 1 aromatic heterocycles. The predicted octanol–water partition coefficient (Wildman–Crippen LogP) is 2.39. The second kappa shape index (κ2) is 6.41. The Morgan fingerprint density at radius 1 is 1.27 bits per heavy atom. The maximum atomic E-state index is 13.4. The first-order valence-corrected chi connectivity index (χ1v) is 8.26. The zero-order valence-electron chi connectivity index (χ0n) is 11.3. The molecule has 0 unspecified atom stereocenters. The predicted molar refractivity (Wildman–Crippen MR) is 77.2 cm³/mol. The van der Waals surface area contributed by atoms with E-state index in [1.165, 1.54) is 12.1 Å². The largest absolute Gasteiger partial charge is 0.468 e. The van der Waals surface area contributed by atoms with Crippen LogP contribution in [0.2, 0.25) is 0 Å². The first kappa shape index (κ1) is 16.4. The molecule has 0 amide bonds. The molecule has 0 atom stereocenters. The first-order valence-electron chi connectivity index (χ1n) is 5.94. The number of anilines is 1. The van der Waals surface area contributed by atoms with Gasteiger partial charge in [0.15, 0.2) is 11.6 Å². The van der Waals surface area contributed by atoms with Gasteiger partial charge in [0.25, 0.3) is 10.0 Å². The van der Waals surface area contributed by atoms with Crippen molar-refractivity contribution in [2.45, 2.75) is 4.21 Å². The van der Waals surface area contributed by atoms with Crippen LogP contribution >= 0.6 is 11.3 Å². The van der Waals surface area contributed by atoms with E-state index in [0.717, 1.165) is 30.6 Å². The Balaban J connectivity index is 2.51. The van der Waals surface area contributed by atoms with E-state index in [9.17, 15) is 22.0 Å². The summed E-state index contributed by atoms with van der Waals surface area (Å²) < 4.78 is 56.6. The van der Waals surface area contributed by atoms with Gasteiger partial charge in [-0.05, 0) is 23.6 Å². The molecule has 0 aliphatic heterocycles. The highest BCUT2D eigenvalue weighted by atomic mass is 32.2. The summed E-state index contributed by atoms with van der Waals surface area (Å²) in [7, 11) is -2.98. The van der Waals surface area contributed by atoms with Crippen LogP contribution in [0, 0.1) is 11.6 Å². The molecule has 5 nitrogen and oxygen atoms in total. The van der Waals surface area contributed by atoms with Crippen molar-refractivity contribution in [2.24, 2.45) is 0 Å². The quantitative estimate of drug-likeness (QED) is 0.779. The summed E-state index contributed by atoms with van der Waals surface area (Å²) in [5.74, 6) is -3.16. The number of carbonyl (C=O) groups is 1. The van der Waals surface area contributed by atoms with Gasteiger partial charge in [-0.2, -0.15) is 0 Å². The monoisotopic (exact) mass is 347 g/mol. The molecular weight excluding hydrogens is 336 g/mol. The molecule has 0 bridgehead atoms. The molecular formula is C13H11F2NO4S2. The second-order valence-corrected chi connectivity index (χ2v) is 7.16. The van der Waals surface area contributed by atoms with Crippen LogP contribution in [0.4, 0.5) is 14.5 Å². The topological polar surface area (TPSA) is 63.7 Å². The van der Waals surface area contributed by atoms with E-state index in [4.69, 9.17) is 0 Å². The van der Waals surface area contributed by atoms with Gasteiger partial charge >= 0.3 is 5.97 Å². The minimum Gasteiger partial charge on any atom is -0.468 e. The molecule has 0 radical (unpaired) electrons. The highest BCUT2D eigenvalue weighted by Gasteiger charge is 2.29. The Morgan fingerprint density at radius 2 is 2.00 bits per heavy atom. The van der Waals surface area contributed by atoms with E-state index in [0.29, 0.717) is 10.4 Å². The number of methoxy groups -OCH3 is 1. The van der Waals surface area contributed by atoms with E-state index in [-0.39, 0.29) is 9.90 Å². The Bertz CT molecular complexity index is 775. The summed E-state index contributed by atoms with van der Waals surface area (Å²) in [6.45, 7) is -0.651. The zero-order chi connectivity index (χ0) is 16.3. The van der Waals surface area contributed by atoms with Gasteiger partial charge in [0.1, 0.15) is 10.8 Å². The van der Waals surface area contributed by atoms with Gasteiger partial charge in [-0.3, -0.25) is 9.10 Å². The average molecular weight is 347 g/mol. The van der Waals surface area contributed by atoms with Crippen molar-refractivity contribution < 1.29 is 26.7 Å². The van der Waals surface area contributed by atoms with Crippen molar-refractivity contribution in [3.05, 3.63) is 47.3 Å². The molecule has 118 valence electrons. The lowest BCUT2D eigenvalue weighted by Crippen LogP contribution is -2.36. The number of hydrogen-bond donors (Lipinski definition) is 0. The number of carbonyl (C=O) groups excluding carboxylic acids is 1. The smallest absolute Gasteiger partial charge is 0.326 e. The zero-order valence-corrected chi connectivity index (χ0v) is 13.0. The lowest BCUT2D eigenvalue weighted by atomic mass is 10.3. The maximum absolute atomic E-state index is 13.4. The third kappa shape index (κ3) is 3.25. The van der Waals surface area contributed by atoms with Crippen LogP contribution in [0.15, 0.2) is 39.9 Å². The van der Waals surface area contributed by atoms with Gasteiger partial charge in [-0.25, -0.2) is 17.2 Å². The molecule has 1 aromatic carbocycles. The fourth-order valence-electron chi connectivity index (χ4n) is 1.66. The molecule has 2 rings (SSSR count). The number of ether oxygens (including phenoxy) is 1. The van der Waals surface area contributed by atoms with Gasteiger partial charge in [-0.15, -0.1) is 11.3 Å². The summed E-state index contributed by atoms with van der Waals surface area (Å²) in [6, 6.07) is 5.46. The van der Waals surface area contributed by atoms with Gasteiger partial charge in [0.2, 0.25) is 0 Å². The molecule has 0 aliphatic rings. The first-order chi connectivity index (χ1) is 10.4. The van der Waals surface area contributed by atoms with Crippen LogP contribution in [0.1, 0.15) is 0 Å². The Labute approximate surface area is 129 Å². The van der Waals surface area contributed by atoms with Gasteiger partial charge < -0.3 is 4.74 Å². The Kier molecular flexibility index (Phi) is 4.77. The number of esters is 1. The van der Waals surface area contributed by atoms with Crippen molar-refractivity contribution in [3.63, 3.8) is 0 Å². The molecule has 0 N–H and O–H groups in total. The standard InChI is InChI=1S/C13H11F2NO4S2/c1-20-12(17)8-16(9-4-5-10(14)11(15)7-9)22(18,19)13-3-2-6-21-13/h2-7H,8H2,1H3. The van der Waals surface area contributed by atoms with Crippen LogP contribution in [0.25, 0.3) is 0 Å². The van der Waals surface area contributed by atoms with Crippen molar-refractivity contribution >= 4 is 33.0 Å². The Morgan fingerprint density at radius 3 is 2.55 bits per heavy atom. The minimum absolute atomic E-state index is 0.0267. The summed E-state index contributed by atoms with van der Waals surface area (Å²) >= 11 is 0.945. The fourth-order valence-corrected chi connectivity index (χ4v) is 4.16. The fraction of sp³-hybridized carbons (Fsp3) is 0.154. The number of halogens is 2. The lowest BCUT2D eigenvalue weighted by Gasteiger charge is -2.22. The number of hydrogen-bond acceptors (Lipinski definition) is 5. The number of rotatable bonds is 5. The lowest BCUT2D eigenvalue weighted by molar-refractivity contribution is -0.138. The van der Waals surface area contributed by atoms with E-state index in [1.807, 2.05) is 0 Å². The number of thiophene rings is 1. The molecule has 1 heterocycles.